The van der Waals surface area contributed by atoms with Crippen molar-refractivity contribution in [2.45, 2.75) is 6.92 Å². The van der Waals surface area contributed by atoms with Crippen molar-refractivity contribution in [3.63, 3.8) is 0 Å². The van der Waals surface area contributed by atoms with Crippen LogP contribution in [-0.4, -0.2) is 38.3 Å². The van der Waals surface area contributed by atoms with Gasteiger partial charge in [-0.05, 0) is 33.6 Å². The van der Waals surface area contributed by atoms with E-state index in [1.165, 1.54) is 6.16 Å². The maximum absolute atomic E-state index is 2.35. The second-order valence-electron chi connectivity index (χ2n) is 2.78. The third-order valence-electron chi connectivity index (χ3n) is 1.86. The Kier molecular flexibility index (Phi) is 2.93. The van der Waals surface area contributed by atoms with E-state index in [1.54, 1.807) is 0 Å². The first-order chi connectivity index (χ1) is 3.50. The molecule has 0 saturated heterocycles. The van der Waals surface area contributed by atoms with Crippen LogP contribution in [0.4, 0.5) is 0 Å². The van der Waals surface area contributed by atoms with Gasteiger partial charge in [0, 0.05) is 0 Å². The molecular weight excluding hydrogens is 117 g/mol. The van der Waals surface area contributed by atoms with E-state index in [0.717, 1.165) is 0 Å². The van der Waals surface area contributed by atoms with Gasteiger partial charge in [-0.2, -0.15) is 0 Å². The Bertz CT molecular complexity index is 68.9. The van der Waals surface area contributed by atoms with Crippen LogP contribution in [0.1, 0.15) is 6.92 Å². The Balaban J connectivity index is 3.71. The summed E-state index contributed by atoms with van der Waals surface area (Å²) in [6.07, 6.45) is 1.32. The van der Waals surface area contributed by atoms with E-state index >= 15 is 0 Å². The first-order valence-electron chi connectivity index (χ1n) is 3.01. The normalized spacial score (nSPS) is 12.8. The summed E-state index contributed by atoms with van der Waals surface area (Å²) in [6, 6.07) is 0. The summed E-state index contributed by atoms with van der Waals surface area (Å²) in [7, 11) is 3.67. The summed E-state index contributed by atoms with van der Waals surface area (Å²) in [5.41, 5.74) is 0. The molecule has 0 aliphatic rings. The molecule has 0 aliphatic carbocycles. The average molecular weight is 134 g/mol. The molecule has 0 saturated carbocycles. The molecule has 0 N–H and O–H groups in total. The Labute approximate surface area is 53.5 Å². The van der Waals surface area contributed by atoms with Gasteiger partial charge in [-0.3, -0.25) is 4.67 Å². The van der Waals surface area contributed by atoms with Crippen LogP contribution >= 0.6 is 7.41 Å². The lowest BCUT2D eigenvalue weighted by Gasteiger charge is -2.33. The fourth-order valence-electron chi connectivity index (χ4n) is 0.283. The Morgan fingerprint density at radius 3 is 1.62 bits per heavy atom. The molecule has 0 aromatic rings. The quantitative estimate of drug-likeness (QED) is 0.520. The largest absolute Gasteiger partial charge is 0.293 e. The van der Waals surface area contributed by atoms with E-state index in [0.29, 0.717) is 0 Å². The van der Waals surface area contributed by atoms with Crippen LogP contribution in [0.2, 0.25) is 0 Å². The SMILES string of the molecule is CC[P](C)(C)N(C)C. The van der Waals surface area contributed by atoms with Gasteiger partial charge >= 0.3 is 0 Å². The number of hydrogen-bond donors (Lipinski definition) is 0. The smallest absolute Gasteiger partial charge is 0.0101 e. The fraction of sp³-hybridized carbons (Fsp3) is 1.00. The second-order valence-corrected chi connectivity index (χ2v) is 7.46. The molecule has 51 valence electrons. The molecule has 8 heavy (non-hydrogen) atoms. The molecule has 2 heteroatoms. The Hall–Kier alpha value is 0.390. The molecule has 0 atom stereocenters. The monoisotopic (exact) mass is 134 g/mol. The van der Waals surface area contributed by atoms with Gasteiger partial charge in [0.1, 0.15) is 0 Å². The van der Waals surface area contributed by atoms with Crippen LogP contribution in [0.15, 0.2) is 0 Å². The highest BCUT2D eigenvalue weighted by atomic mass is 31.2. The topological polar surface area (TPSA) is 3.24 Å². The summed E-state index contributed by atoms with van der Waals surface area (Å²) < 4.78 is 2.35. The van der Waals surface area contributed by atoms with Gasteiger partial charge < -0.3 is 0 Å². The minimum Gasteiger partial charge on any atom is -0.293 e. The summed E-state index contributed by atoms with van der Waals surface area (Å²) in [5, 5.41) is 0. The lowest BCUT2D eigenvalue weighted by atomic mass is 11.0. The molecule has 0 aliphatic heterocycles. The zero-order chi connectivity index (χ0) is 6.78. The first-order valence-corrected chi connectivity index (χ1v) is 5.83. The summed E-state index contributed by atoms with van der Waals surface area (Å²) >= 11 is 0. The van der Waals surface area contributed by atoms with Crippen LogP contribution < -0.4 is 0 Å². The third kappa shape index (κ3) is 2.11. The molecule has 0 aromatic heterocycles. The summed E-state index contributed by atoms with van der Waals surface area (Å²) in [4.78, 5) is 0. The predicted molar refractivity (Wildman–Crippen MR) is 43.0 cm³/mol. The molecule has 0 rings (SSSR count). The molecule has 0 amide bonds. The molecule has 0 fully saturated rings. The summed E-state index contributed by atoms with van der Waals surface area (Å²) in [5.74, 6) is 0. The summed E-state index contributed by atoms with van der Waals surface area (Å²) in [6.45, 7) is 6.97. The van der Waals surface area contributed by atoms with Crippen molar-refractivity contribution < 1.29 is 0 Å². The van der Waals surface area contributed by atoms with E-state index in [4.69, 9.17) is 0 Å². The lowest BCUT2D eigenvalue weighted by Crippen LogP contribution is -2.13. The molecule has 1 radical (unpaired) electrons. The molecule has 0 heterocycles. The number of nitrogens with zero attached hydrogens (tertiary/aromatic N) is 1. The Morgan fingerprint density at radius 2 is 1.62 bits per heavy atom. The minimum atomic E-state index is -0.662. The standard InChI is InChI=1S/C6H17NP/c1-6-8(4,5)7(2)3/h6H2,1-5H3. The molecular formula is C6H17NP. The Morgan fingerprint density at radius 1 is 1.25 bits per heavy atom. The van der Waals surface area contributed by atoms with Gasteiger partial charge in [0.25, 0.3) is 0 Å². The van der Waals surface area contributed by atoms with Crippen LogP contribution in [0.5, 0.6) is 0 Å². The van der Waals surface area contributed by atoms with Gasteiger partial charge in [-0.1, -0.05) is 14.3 Å². The highest BCUT2D eigenvalue weighted by Gasteiger charge is 2.13. The zero-order valence-electron chi connectivity index (χ0n) is 6.60. The first kappa shape index (κ1) is 8.39. The van der Waals surface area contributed by atoms with Crippen molar-refractivity contribution in [2.75, 3.05) is 33.6 Å². The van der Waals surface area contributed by atoms with Crippen molar-refractivity contribution >= 4 is 7.41 Å². The van der Waals surface area contributed by atoms with Gasteiger partial charge in [-0.25, -0.2) is 0 Å². The van der Waals surface area contributed by atoms with Gasteiger partial charge in [0.05, 0.1) is 0 Å². The van der Waals surface area contributed by atoms with Crippen molar-refractivity contribution in [3.8, 4) is 0 Å². The van der Waals surface area contributed by atoms with Crippen molar-refractivity contribution in [3.05, 3.63) is 0 Å². The van der Waals surface area contributed by atoms with Crippen molar-refractivity contribution in [2.24, 2.45) is 0 Å². The van der Waals surface area contributed by atoms with Crippen molar-refractivity contribution in [1.82, 2.24) is 4.67 Å². The van der Waals surface area contributed by atoms with E-state index < -0.39 is 7.41 Å². The average Bonchev–Trinajstić information content (AvgIpc) is 1.67. The molecule has 0 spiro atoms. The lowest BCUT2D eigenvalue weighted by molar-refractivity contribution is 0.666. The van der Waals surface area contributed by atoms with Gasteiger partial charge in [0.2, 0.25) is 0 Å². The maximum Gasteiger partial charge on any atom is -0.0101 e. The highest BCUT2D eigenvalue weighted by Crippen LogP contribution is 2.51. The third-order valence-corrected chi connectivity index (χ3v) is 5.57. The minimum absolute atomic E-state index is 0.662. The van der Waals surface area contributed by atoms with Crippen LogP contribution in [0.3, 0.4) is 0 Å². The van der Waals surface area contributed by atoms with Crippen molar-refractivity contribution in [1.29, 1.82) is 0 Å². The molecule has 0 unspecified atom stereocenters. The van der Waals surface area contributed by atoms with E-state index in [-0.39, 0.29) is 0 Å². The molecule has 1 nitrogen and oxygen atoms in total. The number of hydrogen-bond acceptors (Lipinski definition) is 1. The van der Waals surface area contributed by atoms with Crippen LogP contribution in [-0.2, 0) is 0 Å². The van der Waals surface area contributed by atoms with Gasteiger partial charge in [0.15, 0.2) is 0 Å². The fourth-order valence-corrected chi connectivity index (χ4v) is 0.849. The van der Waals surface area contributed by atoms with E-state index in [2.05, 4.69) is 39.0 Å². The zero-order valence-corrected chi connectivity index (χ0v) is 7.50. The molecule has 0 bridgehead atoms. The van der Waals surface area contributed by atoms with Crippen LogP contribution in [0.25, 0.3) is 0 Å². The van der Waals surface area contributed by atoms with Gasteiger partial charge in [-0.15, -0.1) is 0 Å². The maximum atomic E-state index is 2.35. The van der Waals surface area contributed by atoms with E-state index in [1.807, 2.05) is 0 Å². The number of rotatable bonds is 2. The predicted octanol–water partition coefficient (Wildman–Crippen LogP) is 1.76. The second kappa shape index (κ2) is 2.80. The molecule has 0 aromatic carbocycles. The van der Waals surface area contributed by atoms with E-state index in [9.17, 15) is 0 Å². The van der Waals surface area contributed by atoms with Crippen LogP contribution in [0, 0.1) is 0 Å². The highest BCUT2D eigenvalue weighted by molar-refractivity contribution is 7.72.